The zero-order valence-corrected chi connectivity index (χ0v) is 12.3. The Morgan fingerprint density at radius 1 is 1.40 bits per heavy atom. The third-order valence-corrected chi connectivity index (χ3v) is 3.66. The van der Waals surface area contributed by atoms with Gasteiger partial charge in [0.2, 0.25) is 0 Å². The first-order chi connectivity index (χ1) is 9.54. The lowest BCUT2D eigenvalue weighted by molar-refractivity contribution is 0.0921. The average molecular weight is 292 g/mol. The molecule has 0 aliphatic heterocycles. The number of thiazole rings is 1. The number of carbonyl (C=O) groups excluding carboxylic acids is 1. The number of nitrogens with one attached hydrogen (secondary N) is 1. The number of aromatic nitrogens is 1. The normalized spacial score (nSPS) is 10.5. The molecule has 106 valence electrons. The summed E-state index contributed by atoms with van der Waals surface area (Å²) in [7, 11) is 0. The highest BCUT2D eigenvalue weighted by Gasteiger charge is 2.09. The highest BCUT2D eigenvalue weighted by Crippen LogP contribution is 2.10. The van der Waals surface area contributed by atoms with Crippen molar-refractivity contribution in [3.05, 3.63) is 50.0 Å². The number of nitrogens with zero attached hydrogens (tertiary/aromatic N) is 1. The molecule has 0 saturated carbocycles. The maximum absolute atomic E-state index is 11.8. The maximum Gasteiger partial charge on any atom is 0.287 e. The minimum Gasteiger partial charge on any atom is -0.456 e. The minimum absolute atomic E-state index is 0.0556. The molecule has 2 rings (SSSR count). The molecule has 2 aromatic heterocycles. The smallest absolute Gasteiger partial charge is 0.287 e. The summed E-state index contributed by atoms with van der Waals surface area (Å²) in [5, 5.41) is 5.81. The first-order valence-electron chi connectivity index (χ1n) is 6.35. The van der Waals surface area contributed by atoms with E-state index in [2.05, 4.69) is 10.3 Å². The van der Waals surface area contributed by atoms with Crippen LogP contribution in [0.15, 0.2) is 26.7 Å². The fourth-order valence-corrected chi connectivity index (χ4v) is 2.58. The quantitative estimate of drug-likeness (QED) is 0.856. The second kappa shape index (κ2) is 6.47. The van der Waals surface area contributed by atoms with Gasteiger partial charge in [0.15, 0.2) is 11.2 Å². The van der Waals surface area contributed by atoms with Crippen LogP contribution in [0.2, 0.25) is 0 Å². The second-order valence-corrected chi connectivity index (χ2v) is 5.45. The molecule has 0 spiro atoms. The first kappa shape index (κ1) is 14.5. The van der Waals surface area contributed by atoms with Gasteiger partial charge in [0, 0.05) is 36.2 Å². The molecule has 0 radical (unpaired) electrons. The Morgan fingerprint density at radius 2 is 2.20 bits per heavy atom. The van der Waals surface area contributed by atoms with Crippen molar-refractivity contribution in [2.75, 3.05) is 6.54 Å². The van der Waals surface area contributed by atoms with Gasteiger partial charge in [-0.3, -0.25) is 9.59 Å². The summed E-state index contributed by atoms with van der Waals surface area (Å²) < 4.78 is 5.22. The molecule has 0 unspecified atom stereocenters. The summed E-state index contributed by atoms with van der Waals surface area (Å²) in [6, 6.07) is 2.55. The van der Waals surface area contributed by atoms with E-state index in [1.54, 1.807) is 18.3 Å². The van der Waals surface area contributed by atoms with Crippen LogP contribution in [0, 0.1) is 13.8 Å². The van der Waals surface area contributed by atoms with E-state index in [0.717, 1.165) is 23.5 Å². The summed E-state index contributed by atoms with van der Waals surface area (Å²) in [5.74, 6) is 0.127. The number of carbonyl (C=O) groups is 1. The number of hydrogen-bond donors (Lipinski definition) is 1. The fraction of sp³-hybridized carbons (Fsp3) is 0.357. The van der Waals surface area contributed by atoms with Crippen LogP contribution < -0.4 is 10.7 Å². The van der Waals surface area contributed by atoms with Crippen LogP contribution in [-0.4, -0.2) is 17.4 Å². The summed E-state index contributed by atoms with van der Waals surface area (Å²) in [6.45, 7) is 4.12. The van der Waals surface area contributed by atoms with Gasteiger partial charge in [0.1, 0.15) is 5.76 Å². The van der Waals surface area contributed by atoms with E-state index >= 15 is 0 Å². The van der Waals surface area contributed by atoms with Gasteiger partial charge in [0.05, 0.1) is 5.01 Å². The molecule has 0 aliphatic carbocycles. The van der Waals surface area contributed by atoms with Crippen molar-refractivity contribution >= 4 is 17.2 Å². The highest BCUT2D eigenvalue weighted by molar-refractivity contribution is 7.09. The minimum atomic E-state index is -0.360. The van der Waals surface area contributed by atoms with Crippen LogP contribution >= 0.6 is 11.3 Å². The second-order valence-electron chi connectivity index (χ2n) is 4.51. The number of amides is 1. The Balaban J connectivity index is 1.81. The van der Waals surface area contributed by atoms with Gasteiger partial charge in [-0.05, 0) is 20.3 Å². The predicted octanol–water partition coefficient (Wildman–Crippen LogP) is 2.08. The lowest BCUT2D eigenvalue weighted by Crippen LogP contribution is -2.25. The third-order valence-electron chi connectivity index (χ3n) is 2.63. The van der Waals surface area contributed by atoms with Gasteiger partial charge in [-0.2, -0.15) is 0 Å². The van der Waals surface area contributed by atoms with Crippen molar-refractivity contribution in [2.45, 2.75) is 26.7 Å². The standard InChI is InChI=1S/C14H16N2O3S/c1-9-8-20-13(16-9)4-3-5-15-14(18)12-7-11(17)6-10(2)19-12/h6-8H,3-5H2,1-2H3,(H,15,18). The van der Waals surface area contributed by atoms with Crippen molar-refractivity contribution in [2.24, 2.45) is 0 Å². The number of rotatable bonds is 5. The van der Waals surface area contributed by atoms with Gasteiger partial charge < -0.3 is 9.73 Å². The van der Waals surface area contributed by atoms with E-state index in [1.165, 1.54) is 12.1 Å². The van der Waals surface area contributed by atoms with E-state index in [1.807, 2.05) is 12.3 Å². The average Bonchev–Trinajstić information content (AvgIpc) is 2.79. The zero-order valence-electron chi connectivity index (χ0n) is 11.4. The molecule has 0 bridgehead atoms. The van der Waals surface area contributed by atoms with E-state index in [0.29, 0.717) is 12.3 Å². The van der Waals surface area contributed by atoms with Gasteiger partial charge >= 0.3 is 0 Å². The molecule has 0 atom stereocenters. The molecule has 1 N–H and O–H groups in total. The van der Waals surface area contributed by atoms with E-state index in [-0.39, 0.29) is 17.1 Å². The van der Waals surface area contributed by atoms with Crippen LogP contribution in [0.3, 0.4) is 0 Å². The molecular formula is C14H16N2O3S. The molecule has 2 aromatic rings. The molecule has 0 aromatic carbocycles. The summed E-state index contributed by atoms with van der Waals surface area (Å²) in [5.41, 5.74) is 0.799. The molecule has 5 nitrogen and oxygen atoms in total. The molecular weight excluding hydrogens is 276 g/mol. The lowest BCUT2D eigenvalue weighted by atomic mass is 10.3. The largest absolute Gasteiger partial charge is 0.456 e. The monoisotopic (exact) mass is 292 g/mol. The lowest BCUT2D eigenvalue weighted by Gasteiger charge is -2.04. The first-order valence-corrected chi connectivity index (χ1v) is 7.23. The Morgan fingerprint density at radius 3 is 2.85 bits per heavy atom. The fourth-order valence-electron chi connectivity index (χ4n) is 1.76. The van der Waals surface area contributed by atoms with Crippen molar-refractivity contribution in [1.82, 2.24) is 10.3 Å². The van der Waals surface area contributed by atoms with E-state index in [4.69, 9.17) is 4.42 Å². The Hall–Kier alpha value is -1.95. The van der Waals surface area contributed by atoms with Crippen LogP contribution in [-0.2, 0) is 6.42 Å². The summed E-state index contributed by atoms with van der Waals surface area (Å²) >= 11 is 1.63. The van der Waals surface area contributed by atoms with E-state index < -0.39 is 0 Å². The van der Waals surface area contributed by atoms with Crippen molar-refractivity contribution in [3.8, 4) is 0 Å². The van der Waals surface area contributed by atoms with Gasteiger partial charge in [0.25, 0.3) is 5.91 Å². The Labute approximate surface area is 120 Å². The molecule has 0 fully saturated rings. The van der Waals surface area contributed by atoms with Gasteiger partial charge in [-0.15, -0.1) is 11.3 Å². The Kier molecular flexibility index (Phi) is 4.68. The SMILES string of the molecule is Cc1csc(CCCNC(=O)c2cc(=O)cc(C)o2)n1. The summed E-state index contributed by atoms with van der Waals surface area (Å²) in [6.07, 6.45) is 1.63. The molecule has 6 heteroatoms. The summed E-state index contributed by atoms with van der Waals surface area (Å²) in [4.78, 5) is 27.4. The molecule has 20 heavy (non-hydrogen) atoms. The van der Waals surface area contributed by atoms with E-state index in [9.17, 15) is 9.59 Å². The number of hydrogen-bond acceptors (Lipinski definition) is 5. The predicted molar refractivity (Wildman–Crippen MR) is 77.2 cm³/mol. The molecule has 1 amide bonds. The van der Waals surface area contributed by atoms with Gasteiger partial charge in [-0.1, -0.05) is 0 Å². The van der Waals surface area contributed by atoms with Crippen LogP contribution in [0.1, 0.15) is 33.4 Å². The highest BCUT2D eigenvalue weighted by atomic mass is 32.1. The van der Waals surface area contributed by atoms with Crippen molar-refractivity contribution in [3.63, 3.8) is 0 Å². The maximum atomic E-state index is 11.8. The molecule has 0 aliphatic rings. The molecule has 2 heterocycles. The molecule has 0 saturated heterocycles. The zero-order chi connectivity index (χ0) is 14.5. The van der Waals surface area contributed by atoms with Crippen molar-refractivity contribution in [1.29, 1.82) is 0 Å². The Bertz CT molecular complexity index is 660. The van der Waals surface area contributed by atoms with Gasteiger partial charge in [-0.25, -0.2) is 4.98 Å². The van der Waals surface area contributed by atoms with Crippen LogP contribution in [0.5, 0.6) is 0 Å². The van der Waals surface area contributed by atoms with Crippen molar-refractivity contribution < 1.29 is 9.21 Å². The number of aryl methyl sites for hydroxylation is 3. The topological polar surface area (TPSA) is 72.2 Å². The van der Waals surface area contributed by atoms with Crippen LogP contribution in [0.25, 0.3) is 0 Å². The van der Waals surface area contributed by atoms with Crippen LogP contribution in [0.4, 0.5) is 0 Å². The third kappa shape index (κ3) is 4.03.